The van der Waals surface area contributed by atoms with E-state index in [0.29, 0.717) is 57.2 Å². The lowest BCUT2D eigenvalue weighted by atomic mass is 9.85. The van der Waals surface area contributed by atoms with E-state index in [1.54, 1.807) is 13.8 Å². The van der Waals surface area contributed by atoms with Crippen molar-refractivity contribution in [3.8, 4) is 0 Å². The van der Waals surface area contributed by atoms with Gasteiger partial charge in [0.25, 0.3) is 0 Å². The highest BCUT2D eigenvalue weighted by Crippen LogP contribution is 2.39. The van der Waals surface area contributed by atoms with Crippen molar-refractivity contribution in [2.24, 2.45) is 11.8 Å². The van der Waals surface area contributed by atoms with Gasteiger partial charge in [-0.3, -0.25) is 14.7 Å². The Balaban J connectivity index is 0.969. The lowest BCUT2D eigenvalue weighted by Gasteiger charge is -2.31. The number of nitrogens with zero attached hydrogens (tertiary/aromatic N) is 3. The second kappa shape index (κ2) is 21.5. The molecule has 2 fully saturated rings. The number of aryl methyl sites for hydroxylation is 2. The predicted octanol–water partition coefficient (Wildman–Crippen LogP) is 7.52. The summed E-state index contributed by atoms with van der Waals surface area (Å²) in [7, 11) is -3.80. The molecule has 12 heteroatoms. The van der Waals surface area contributed by atoms with Crippen molar-refractivity contribution >= 4 is 38.1 Å². The second-order valence-corrected chi connectivity index (χ2v) is 18.9. The number of hydrogen-bond donors (Lipinski definition) is 4. The van der Waals surface area contributed by atoms with E-state index < -0.39 is 40.5 Å². The summed E-state index contributed by atoms with van der Waals surface area (Å²) in [6.45, 7) is 7.48. The number of ether oxygens (including phenoxy) is 1. The Bertz CT molecular complexity index is 2130. The first-order chi connectivity index (χ1) is 28.9. The minimum Gasteiger partial charge on any atom is -0.441 e. The maximum atomic E-state index is 13.6. The predicted molar refractivity (Wildman–Crippen MR) is 239 cm³/mol. The number of hydrogen-bond acceptors (Lipinski definition) is 10. The number of aliphatic hydroxyl groups is 3. The van der Waals surface area contributed by atoms with Crippen LogP contribution in [-0.4, -0.2) is 89.0 Å². The lowest BCUT2D eigenvalue weighted by molar-refractivity contribution is -0.147. The highest BCUT2D eigenvalue weighted by Gasteiger charge is 2.40. The first-order valence-corrected chi connectivity index (χ1v) is 23.4. The van der Waals surface area contributed by atoms with Crippen molar-refractivity contribution in [1.82, 2.24) is 9.88 Å². The van der Waals surface area contributed by atoms with Crippen LogP contribution in [0.2, 0.25) is 0 Å². The number of esters is 1. The summed E-state index contributed by atoms with van der Waals surface area (Å²) in [6, 6.07) is 24.5. The fourth-order valence-electron chi connectivity index (χ4n) is 8.97. The highest BCUT2D eigenvalue weighted by molar-refractivity contribution is 7.92. The Labute approximate surface area is 356 Å². The van der Waals surface area contributed by atoms with E-state index in [9.17, 15) is 28.5 Å². The molecule has 324 valence electrons. The molecule has 1 aromatic heterocycles. The third-order valence-electron chi connectivity index (χ3n) is 12.3. The van der Waals surface area contributed by atoms with E-state index in [-0.39, 0.29) is 30.1 Å². The number of aliphatic hydroxyl groups excluding tert-OH is 3. The van der Waals surface area contributed by atoms with Gasteiger partial charge in [0.2, 0.25) is 10.0 Å². The molecule has 11 nitrogen and oxygen atoms in total. The molecule has 3 aromatic carbocycles. The minimum atomic E-state index is -3.80. The number of carbonyl (C=O) groups excluding carboxylic acids is 1. The van der Waals surface area contributed by atoms with Crippen molar-refractivity contribution in [1.29, 1.82) is 0 Å². The standard InChI is InChI=1S/C48H64N4O7S/c1-4-60(57,58)52(45-29-37(20-19-34(45)2)32-51-28-26-39(33-51)50-44-17-12-15-38-31-49-27-25-41(38)44)35(3)59-48(56)18-11-6-5-10-16-42-43(47(55)30-46(42)54)24-23-40(53)22-21-36-13-8-7-9-14-36/h5,7-10,12-15,17,19-20,25,27,29,31,35,39-40,42-43,46-47,50,53-55H,4,6,11,16,18,21-24,26,28,30,32-33H2,1-3H3/t35?,39-,40+,42-,43-,46+,47-/m1/s1. The van der Waals surface area contributed by atoms with Gasteiger partial charge in [-0.1, -0.05) is 66.7 Å². The topological polar surface area (TPSA) is 153 Å². The summed E-state index contributed by atoms with van der Waals surface area (Å²) in [6.07, 6.45) is 10.8. The van der Waals surface area contributed by atoms with Crippen LogP contribution in [0.15, 0.2) is 97.3 Å². The van der Waals surface area contributed by atoms with Gasteiger partial charge in [0, 0.05) is 61.0 Å². The van der Waals surface area contributed by atoms with Gasteiger partial charge < -0.3 is 25.4 Å². The third kappa shape index (κ3) is 12.2. The molecule has 7 atom stereocenters. The average molecular weight is 841 g/mol. The molecule has 4 N–H and O–H groups in total. The van der Waals surface area contributed by atoms with E-state index in [1.165, 1.54) is 9.87 Å². The normalized spacial score (nSPS) is 22.0. The summed E-state index contributed by atoms with van der Waals surface area (Å²) in [5, 5.41) is 38.0. The molecule has 1 saturated carbocycles. The van der Waals surface area contributed by atoms with Gasteiger partial charge in [-0.15, -0.1) is 0 Å². The summed E-state index contributed by atoms with van der Waals surface area (Å²) in [5.41, 5.74) is 4.55. The number of benzene rings is 3. The van der Waals surface area contributed by atoms with Crippen LogP contribution < -0.4 is 9.62 Å². The number of nitrogens with one attached hydrogen (secondary N) is 1. The molecule has 2 heterocycles. The molecule has 1 aliphatic carbocycles. The van der Waals surface area contributed by atoms with Gasteiger partial charge in [-0.2, -0.15) is 0 Å². The molecule has 0 radical (unpaired) electrons. The number of pyridine rings is 1. The molecular weight excluding hydrogens is 777 g/mol. The van der Waals surface area contributed by atoms with Gasteiger partial charge in [0.1, 0.15) is 0 Å². The fourth-order valence-corrected chi connectivity index (χ4v) is 10.2. The number of carbonyl (C=O) groups is 1. The van der Waals surface area contributed by atoms with E-state index >= 15 is 0 Å². The molecule has 0 spiro atoms. The van der Waals surface area contributed by atoms with E-state index in [2.05, 4.69) is 39.5 Å². The second-order valence-electron chi connectivity index (χ2n) is 16.7. The van der Waals surface area contributed by atoms with Crippen molar-refractivity contribution in [3.05, 3.63) is 114 Å². The molecule has 60 heavy (non-hydrogen) atoms. The smallest absolute Gasteiger partial charge is 0.307 e. The van der Waals surface area contributed by atoms with Gasteiger partial charge >= 0.3 is 5.97 Å². The maximum absolute atomic E-state index is 13.6. The number of unbranched alkanes of at least 4 members (excludes halogenated alkanes) is 1. The zero-order chi connectivity index (χ0) is 42.6. The van der Waals surface area contributed by atoms with Gasteiger partial charge in [0.05, 0.1) is 29.8 Å². The molecule has 6 rings (SSSR count). The zero-order valence-electron chi connectivity index (χ0n) is 35.4. The minimum absolute atomic E-state index is 0.0892. The summed E-state index contributed by atoms with van der Waals surface area (Å²) >= 11 is 0. The monoisotopic (exact) mass is 840 g/mol. The summed E-state index contributed by atoms with van der Waals surface area (Å²) < 4.78 is 34.2. The zero-order valence-corrected chi connectivity index (χ0v) is 36.2. The maximum Gasteiger partial charge on any atom is 0.307 e. The number of likely N-dealkylation sites (tertiary alicyclic amines) is 1. The van der Waals surface area contributed by atoms with Crippen LogP contribution in [0.25, 0.3) is 10.8 Å². The molecule has 4 aromatic rings. The van der Waals surface area contributed by atoms with Crippen LogP contribution in [0.3, 0.4) is 0 Å². The average Bonchev–Trinajstić information content (AvgIpc) is 3.79. The van der Waals surface area contributed by atoms with Crippen molar-refractivity contribution in [3.63, 3.8) is 0 Å². The number of allylic oxidation sites excluding steroid dienone is 2. The van der Waals surface area contributed by atoms with Gasteiger partial charge in [-0.05, 0) is 125 Å². The van der Waals surface area contributed by atoms with Crippen molar-refractivity contribution in [2.75, 3.05) is 28.5 Å². The number of anilines is 2. The van der Waals surface area contributed by atoms with Crippen molar-refractivity contribution in [2.45, 2.75) is 122 Å². The molecular formula is C48H64N4O7S. The van der Waals surface area contributed by atoms with Gasteiger partial charge in [-0.25, -0.2) is 12.7 Å². The van der Waals surface area contributed by atoms with Crippen LogP contribution >= 0.6 is 0 Å². The largest absolute Gasteiger partial charge is 0.441 e. The van der Waals surface area contributed by atoms with Crippen molar-refractivity contribution < 1.29 is 33.3 Å². The van der Waals surface area contributed by atoms with Crippen LogP contribution in [0.1, 0.15) is 88.3 Å². The fraction of sp³-hybridized carbons (Fsp3) is 0.500. The Morgan fingerprint density at radius 2 is 1.82 bits per heavy atom. The lowest BCUT2D eigenvalue weighted by Crippen LogP contribution is -2.42. The molecule has 1 saturated heterocycles. The van der Waals surface area contributed by atoms with Gasteiger partial charge in [0.15, 0.2) is 6.23 Å². The Morgan fingerprint density at radius 3 is 2.62 bits per heavy atom. The number of rotatable bonds is 21. The Kier molecular flexibility index (Phi) is 16.2. The SMILES string of the molecule is CCS(=O)(=O)N(c1cc(CN2CC[C@@H](Nc3cccc4cnccc34)C2)ccc1C)C(C)OC(=O)CCCC=CC[C@@H]1[C@@H](CC[C@@H](O)CCc2ccccc2)[C@H](O)C[C@@H]1O. The summed E-state index contributed by atoms with van der Waals surface area (Å²) in [5.74, 6) is -0.803. The molecule has 1 aliphatic heterocycles. The van der Waals surface area contributed by atoms with Crippen LogP contribution in [0.5, 0.6) is 0 Å². The first kappa shape index (κ1) is 45.2. The van der Waals surface area contributed by atoms with E-state index in [1.807, 2.05) is 80.0 Å². The van der Waals surface area contributed by atoms with Crippen LogP contribution in [-0.2, 0) is 32.5 Å². The number of aromatic nitrogens is 1. The Hall–Kier alpha value is -4.33. The number of sulfonamides is 1. The van der Waals surface area contributed by atoms with E-state index in [0.717, 1.165) is 53.5 Å². The first-order valence-electron chi connectivity index (χ1n) is 21.8. The third-order valence-corrected chi connectivity index (χ3v) is 14.1. The highest BCUT2D eigenvalue weighted by atomic mass is 32.2. The molecule has 0 bridgehead atoms. The van der Waals surface area contributed by atoms with Crippen LogP contribution in [0.4, 0.5) is 11.4 Å². The quantitative estimate of drug-likeness (QED) is 0.0287. The summed E-state index contributed by atoms with van der Waals surface area (Å²) in [4.78, 5) is 19.7. The molecule has 0 amide bonds. The number of fused-ring (bicyclic) bond motifs is 1. The molecule has 1 unspecified atom stereocenters. The van der Waals surface area contributed by atoms with E-state index in [4.69, 9.17) is 4.74 Å². The molecule has 2 aliphatic rings. The van der Waals surface area contributed by atoms with Crippen LogP contribution in [0, 0.1) is 18.8 Å². The Morgan fingerprint density at radius 1 is 1.02 bits per heavy atom.